The summed E-state index contributed by atoms with van der Waals surface area (Å²) in [5, 5.41) is 0. The third kappa shape index (κ3) is 4.59. The summed E-state index contributed by atoms with van der Waals surface area (Å²) >= 11 is 0. The summed E-state index contributed by atoms with van der Waals surface area (Å²) in [7, 11) is 1.66. The molecule has 0 saturated heterocycles. The largest absolute Gasteiger partial charge is 0.462 e. The van der Waals surface area contributed by atoms with E-state index < -0.39 is 0 Å². The van der Waals surface area contributed by atoms with Crippen molar-refractivity contribution in [3.05, 3.63) is 23.3 Å². The van der Waals surface area contributed by atoms with Crippen molar-refractivity contribution in [3.63, 3.8) is 0 Å². The lowest BCUT2D eigenvalue weighted by Crippen LogP contribution is -2.16. The second kappa shape index (κ2) is 7.84. The Morgan fingerprint density at radius 1 is 1.42 bits per heavy atom. The molecule has 0 aromatic carbocycles. The second-order valence-electron chi connectivity index (χ2n) is 4.37. The molecular weight excluding hydrogens is 244 g/mol. The molecule has 1 unspecified atom stereocenters. The Labute approximate surface area is 114 Å². The number of carbonyl (C=O) groups excluding carboxylic acids is 1. The lowest BCUT2D eigenvalue weighted by Gasteiger charge is -2.11. The Bertz CT molecular complexity index is 421. The van der Waals surface area contributed by atoms with E-state index in [-0.39, 0.29) is 12.1 Å². The average Bonchev–Trinajstić information content (AvgIpc) is 2.39. The van der Waals surface area contributed by atoms with Gasteiger partial charge in [-0.15, -0.1) is 0 Å². The highest BCUT2D eigenvalue weighted by molar-refractivity contribution is 5.90. The number of hydrogen-bond donors (Lipinski definition) is 0. The molecule has 1 rings (SSSR count). The van der Waals surface area contributed by atoms with Crippen LogP contribution in [-0.2, 0) is 22.3 Å². The van der Waals surface area contributed by atoms with Gasteiger partial charge in [0, 0.05) is 19.7 Å². The average molecular weight is 266 g/mol. The molecule has 19 heavy (non-hydrogen) atoms. The highest BCUT2D eigenvalue weighted by atomic mass is 16.5. The predicted molar refractivity (Wildman–Crippen MR) is 72.2 cm³/mol. The van der Waals surface area contributed by atoms with E-state index >= 15 is 0 Å². The van der Waals surface area contributed by atoms with Crippen LogP contribution in [0.25, 0.3) is 0 Å². The zero-order valence-electron chi connectivity index (χ0n) is 12.1. The quantitative estimate of drug-likeness (QED) is 0.708. The molecule has 5 nitrogen and oxygen atoms in total. The van der Waals surface area contributed by atoms with Gasteiger partial charge in [-0.3, -0.25) is 0 Å². The molecule has 0 aliphatic carbocycles. The number of ether oxygens (including phenoxy) is 2. The minimum atomic E-state index is -0.350. The molecule has 0 radical (unpaired) electrons. The Balaban J connectivity index is 2.96. The molecule has 106 valence electrons. The van der Waals surface area contributed by atoms with E-state index in [4.69, 9.17) is 9.47 Å². The standard InChI is InChI=1S/C14H22N2O3/c1-5-7-12-11(14(17)19-6-2)9-15-13(16-12)8-10(3)18-4/h9-10H,5-8H2,1-4H3. The number of aryl methyl sites for hydroxylation is 1. The number of aromatic nitrogens is 2. The maximum absolute atomic E-state index is 11.8. The van der Waals surface area contributed by atoms with Gasteiger partial charge in [0.25, 0.3) is 0 Å². The molecule has 0 fully saturated rings. The van der Waals surface area contributed by atoms with Gasteiger partial charge in [-0.2, -0.15) is 0 Å². The van der Waals surface area contributed by atoms with Crippen molar-refractivity contribution in [1.82, 2.24) is 9.97 Å². The van der Waals surface area contributed by atoms with E-state index in [1.807, 2.05) is 6.92 Å². The Hall–Kier alpha value is -1.49. The summed E-state index contributed by atoms with van der Waals surface area (Å²) in [4.78, 5) is 20.5. The van der Waals surface area contributed by atoms with Gasteiger partial charge < -0.3 is 9.47 Å². The molecular formula is C14H22N2O3. The highest BCUT2D eigenvalue weighted by Crippen LogP contribution is 2.11. The van der Waals surface area contributed by atoms with Gasteiger partial charge in [0.1, 0.15) is 5.82 Å². The summed E-state index contributed by atoms with van der Waals surface area (Å²) < 4.78 is 10.2. The smallest absolute Gasteiger partial charge is 0.341 e. The first-order valence-corrected chi connectivity index (χ1v) is 6.67. The van der Waals surface area contributed by atoms with Gasteiger partial charge in [0.2, 0.25) is 0 Å². The van der Waals surface area contributed by atoms with Crippen molar-refractivity contribution in [2.45, 2.75) is 46.1 Å². The fourth-order valence-corrected chi connectivity index (χ4v) is 1.70. The third-order valence-electron chi connectivity index (χ3n) is 2.77. The zero-order chi connectivity index (χ0) is 14.3. The van der Waals surface area contributed by atoms with Gasteiger partial charge in [0.15, 0.2) is 0 Å². The molecule has 1 atom stereocenters. The fourth-order valence-electron chi connectivity index (χ4n) is 1.70. The molecule has 5 heteroatoms. The number of esters is 1. The zero-order valence-corrected chi connectivity index (χ0v) is 12.1. The van der Waals surface area contributed by atoms with Crippen LogP contribution < -0.4 is 0 Å². The maximum Gasteiger partial charge on any atom is 0.341 e. The van der Waals surface area contributed by atoms with Gasteiger partial charge in [-0.05, 0) is 20.3 Å². The van der Waals surface area contributed by atoms with E-state index in [0.29, 0.717) is 24.4 Å². The van der Waals surface area contributed by atoms with E-state index in [1.165, 1.54) is 0 Å². The SMILES string of the molecule is CCCc1nc(CC(C)OC)ncc1C(=O)OCC. The van der Waals surface area contributed by atoms with E-state index in [0.717, 1.165) is 18.5 Å². The molecule has 0 aliphatic heterocycles. The number of nitrogens with zero attached hydrogens (tertiary/aromatic N) is 2. The minimum absolute atomic E-state index is 0.0583. The van der Waals surface area contributed by atoms with Crippen LogP contribution in [0.4, 0.5) is 0 Å². The predicted octanol–water partition coefficient (Wildman–Crippen LogP) is 2.18. The van der Waals surface area contributed by atoms with E-state index in [1.54, 1.807) is 20.2 Å². The third-order valence-corrected chi connectivity index (χ3v) is 2.77. The molecule has 1 aromatic heterocycles. The van der Waals surface area contributed by atoms with Crippen LogP contribution in [0.2, 0.25) is 0 Å². The summed E-state index contributed by atoms with van der Waals surface area (Å²) in [5.74, 6) is 0.350. The lowest BCUT2D eigenvalue weighted by atomic mass is 10.1. The molecule has 0 spiro atoms. The first kappa shape index (κ1) is 15.6. The van der Waals surface area contributed by atoms with E-state index in [2.05, 4.69) is 16.9 Å². The van der Waals surface area contributed by atoms with Crippen molar-refractivity contribution in [2.75, 3.05) is 13.7 Å². The van der Waals surface area contributed by atoms with E-state index in [9.17, 15) is 4.79 Å². The summed E-state index contributed by atoms with van der Waals surface area (Å²) in [6, 6.07) is 0. The van der Waals surface area contributed by atoms with Crippen LogP contribution in [0.15, 0.2) is 6.20 Å². The fraction of sp³-hybridized carbons (Fsp3) is 0.643. The van der Waals surface area contributed by atoms with Crippen LogP contribution >= 0.6 is 0 Å². The monoisotopic (exact) mass is 266 g/mol. The highest BCUT2D eigenvalue weighted by Gasteiger charge is 2.16. The van der Waals surface area contributed by atoms with Crippen LogP contribution in [0, 0.1) is 0 Å². The van der Waals surface area contributed by atoms with Crippen molar-refractivity contribution in [3.8, 4) is 0 Å². The summed E-state index contributed by atoms with van der Waals surface area (Å²) in [5.41, 5.74) is 1.23. The van der Waals surface area contributed by atoms with Gasteiger partial charge in [0.05, 0.1) is 24.0 Å². The van der Waals surface area contributed by atoms with Crippen molar-refractivity contribution >= 4 is 5.97 Å². The molecule has 0 amide bonds. The Kier molecular flexibility index (Phi) is 6.42. The molecule has 0 saturated carbocycles. The van der Waals surface area contributed by atoms with Crippen LogP contribution in [-0.4, -0.2) is 35.8 Å². The molecule has 0 aliphatic rings. The molecule has 1 heterocycles. The first-order chi connectivity index (χ1) is 9.12. The minimum Gasteiger partial charge on any atom is -0.462 e. The van der Waals surface area contributed by atoms with Crippen molar-refractivity contribution < 1.29 is 14.3 Å². The second-order valence-corrected chi connectivity index (χ2v) is 4.37. The number of hydrogen-bond acceptors (Lipinski definition) is 5. The molecule has 0 bridgehead atoms. The Morgan fingerprint density at radius 3 is 2.74 bits per heavy atom. The Morgan fingerprint density at radius 2 is 2.16 bits per heavy atom. The summed E-state index contributed by atoms with van der Waals surface area (Å²) in [6.45, 7) is 6.15. The first-order valence-electron chi connectivity index (χ1n) is 6.67. The van der Waals surface area contributed by atoms with Gasteiger partial charge in [-0.1, -0.05) is 13.3 Å². The number of methoxy groups -OCH3 is 1. The van der Waals surface area contributed by atoms with Crippen LogP contribution in [0.1, 0.15) is 49.1 Å². The van der Waals surface area contributed by atoms with Crippen molar-refractivity contribution in [2.24, 2.45) is 0 Å². The maximum atomic E-state index is 11.8. The molecule has 1 aromatic rings. The number of rotatable bonds is 7. The van der Waals surface area contributed by atoms with Crippen LogP contribution in [0.3, 0.4) is 0 Å². The van der Waals surface area contributed by atoms with Crippen LogP contribution in [0.5, 0.6) is 0 Å². The van der Waals surface area contributed by atoms with Gasteiger partial charge >= 0.3 is 5.97 Å². The van der Waals surface area contributed by atoms with Crippen molar-refractivity contribution in [1.29, 1.82) is 0 Å². The lowest BCUT2D eigenvalue weighted by molar-refractivity contribution is 0.0524. The van der Waals surface area contributed by atoms with Gasteiger partial charge in [-0.25, -0.2) is 14.8 Å². The normalized spacial score (nSPS) is 12.2. The summed E-state index contributed by atoms with van der Waals surface area (Å²) in [6.07, 6.45) is 3.92. The topological polar surface area (TPSA) is 61.3 Å². The number of carbonyl (C=O) groups is 1. The molecule has 0 N–H and O–H groups in total.